The molecule has 8 atom stereocenters. The maximum atomic E-state index is 14.5. The molecule has 5 fully saturated rings. The molecule has 0 aromatic heterocycles. The van der Waals surface area contributed by atoms with E-state index in [9.17, 15) is 19.2 Å². The molecule has 10 heteroatoms. The third kappa shape index (κ3) is 5.50. The molecule has 2 aromatic carbocycles. The number of fused-ring (bicyclic) bond motifs is 4. The van der Waals surface area contributed by atoms with Gasteiger partial charge < -0.3 is 18.9 Å². The molecule has 10 nitrogen and oxygen atoms in total. The molecule has 7 rings (SSSR count). The Kier molecular flexibility index (Phi) is 9.06. The van der Waals surface area contributed by atoms with E-state index in [1.54, 1.807) is 0 Å². The van der Waals surface area contributed by atoms with E-state index >= 15 is 0 Å². The molecule has 0 spiro atoms. The molecule has 2 aromatic rings. The van der Waals surface area contributed by atoms with E-state index < -0.39 is 59.7 Å². The SMILES string of the molecule is COC(=O)[C@H]1[C@@H](OC(=O)C2C(c3ccccc3)C(C(=O)O[C@H]3C[C@@H]4CC[C@H]([C@H]3C(=O)OC)N4C)C2c2ccccc2)C[C@@H]2CC[C@H]1N2C. The normalized spacial score (nSPS) is 37.2. The van der Waals surface area contributed by atoms with E-state index in [1.165, 1.54) is 14.2 Å². The fraction of sp³-hybridized carbons (Fsp3) is 0.579. The van der Waals surface area contributed by atoms with Gasteiger partial charge in [-0.3, -0.25) is 29.0 Å². The Hall–Kier alpha value is -3.76. The van der Waals surface area contributed by atoms with E-state index in [0.717, 1.165) is 36.8 Å². The van der Waals surface area contributed by atoms with Gasteiger partial charge in [0.25, 0.3) is 0 Å². The average Bonchev–Trinajstić information content (AvgIpc) is 3.45. The summed E-state index contributed by atoms with van der Waals surface area (Å²) in [5.74, 6) is -5.15. The van der Waals surface area contributed by atoms with Crippen LogP contribution < -0.4 is 0 Å². The molecule has 0 unspecified atom stereocenters. The predicted molar refractivity (Wildman–Crippen MR) is 174 cm³/mol. The molecule has 0 amide bonds. The first-order valence-electron chi connectivity index (χ1n) is 17.3. The van der Waals surface area contributed by atoms with Crippen molar-refractivity contribution in [2.24, 2.45) is 23.7 Å². The van der Waals surface area contributed by atoms with Crippen LogP contribution >= 0.6 is 0 Å². The van der Waals surface area contributed by atoms with Gasteiger partial charge in [0.05, 0.1) is 26.1 Å². The highest BCUT2D eigenvalue weighted by Crippen LogP contribution is 2.59. The molecule has 5 aliphatic rings. The number of ether oxygens (including phenoxy) is 4. The monoisotopic (exact) mass is 658 g/mol. The number of hydrogen-bond donors (Lipinski definition) is 0. The van der Waals surface area contributed by atoms with Crippen LogP contribution in [-0.4, -0.2) is 98.4 Å². The van der Waals surface area contributed by atoms with Crippen LogP contribution in [0.5, 0.6) is 0 Å². The molecular weight excluding hydrogens is 612 g/mol. The lowest BCUT2D eigenvalue weighted by Gasteiger charge is -2.51. The van der Waals surface area contributed by atoms with Crippen LogP contribution in [0.1, 0.15) is 61.5 Å². The summed E-state index contributed by atoms with van der Waals surface area (Å²) in [6, 6.07) is 19.5. The van der Waals surface area contributed by atoms with Gasteiger partial charge in [0.15, 0.2) is 0 Å². The van der Waals surface area contributed by atoms with E-state index in [1.807, 2.05) is 74.8 Å². The molecule has 48 heavy (non-hydrogen) atoms. The van der Waals surface area contributed by atoms with E-state index in [0.29, 0.717) is 12.8 Å². The summed E-state index contributed by atoms with van der Waals surface area (Å²) in [6.07, 6.45) is 3.43. The molecule has 0 N–H and O–H groups in total. The summed E-state index contributed by atoms with van der Waals surface area (Å²) in [5.41, 5.74) is 1.68. The fourth-order valence-electron chi connectivity index (χ4n) is 9.94. The average molecular weight is 659 g/mol. The molecule has 4 saturated heterocycles. The fourth-order valence-corrected chi connectivity index (χ4v) is 9.94. The largest absolute Gasteiger partial charge is 0.469 e. The maximum absolute atomic E-state index is 14.5. The molecule has 4 aliphatic heterocycles. The van der Waals surface area contributed by atoms with E-state index in [-0.39, 0.29) is 36.1 Å². The van der Waals surface area contributed by atoms with Gasteiger partial charge in [-0.25, -0.2) is 0 Å². The standard InChI is InChI=1S/C38H46N2O8/c1-39-23-15-17-25(39)31(35(41)45-3)27(19-23)47-37(43)33-29(21-11-7-5-8-12-21)34(30(33)22-13-9-6-10-14-22)38(44)48-28-20-24-16-18-26(40(24)2)32(28)36(42)46-4/h5-14,23-34H,15-20H2,1-4H3/t23-,24-,25+,26+,27-,28-,29?,30?,31+,32+,33?,34?/m0/s1. The van der Waals surface area contributed by atoms with Crippen LogP contribution in [-0.2, 0) is 38.1 Å². The highest BCUT2D eigenvalue weighted by Gasteiger charge is 2.62. The maximum Gasteiger partial charge on any atom is 0.314 e. The number of carbonyl (C=O) groups is 4. The van der Waals surface area contributed by atoms with Crippen molar-refractivity contribution in [3.63, 3.8) is 0 Å². The van der Waals surface area contributed by atoms with Crippen molar-refractivity contribution in [2.45, 2.75) is 86.7 Å². The Morgan fingerprint density at radius 3 is 1.27 bits per heavy atom. The smallest absolute Gasteiger partial charge is 0.314 e. The van der Waals surface area contributed by atoms with Gasteiger partial charge in [-0.2, -0.15) is 0 Å². The third-order valence-corrected chi connectivity index (χ3v) is 12.4. The number of nitrogens with zero attached hydrogens (tertiary/aromatic N) is 2. The Balaban J connectivity index is 1.21. The summed E-state index contributed by atoms with van der Waals surface area (Å²) < 4.78 is 23.2. The first kappa shape index (κ1) is 32.8. The van der Waals surface area contributed by atoms with Gasteiger partial charge in [-0.1, -0.05) is 60.7 Å². The van der Waals surface area contributed by atoms with Gasteiger partial charge in [0.1, 0.15) is 24.0 Å². The topological polar surface area (TPSA) is 112 Å². The minimum atomic E-state index is -0.687. The first-order chi connectivity index (χ1) is 23.2. The van der Waals surface area contributed by atoms with Gasteiger partial charge >= 0.3 is 23.9 Å². The second-order valence-electron chi connectivity index (χ2n) is 14.4. The van der Waals surface area contributed by atoms with Crippen molar-refractivity contribution in [1.29, 1.82) is 0 Å². The quantitative estimate of drug-likeness (QED) is 0.306. The summed E-state index contributed by atoms with van der Waals surface area (Å²) in [5, 5.41) is 0. The van der Waals surface area contributed by atoms with Crippen LogP contribution in [0, 0.1) is 23.7 Å². The van der Waals surface area contributed by atoms with E-state index in [4.69, 9.17) is 18.9 Å². The minimum Gasteiger partial charge on any atom is -0.469 e. The Bertz CT molecular complexity index is 1400. The zero-order chi connectivity index (χ0) is 33.7. The highest BCUT2D eigenvalue weighted by atomic mass is 16.6. The lowest BCUT2D eigenvalue weighted by Crippen LogP contribution is -2.57. The van der Waals surface area contributed by atoms with Crippen molar-refractivity contribution in [3.05, 3.63) is 71.8 Å². The molecule has 0 radical (unpaired) electrons. The lowest BCUT2D eigenvalue weighted by atomic mass is 9.52. The van der Waals surface area contributed by atoms with Crippen molar-refractivity contribution in [1.82, 2.24) is 9.80 Å². The molecule has 1 saturated carbocycles. The summed E-state index contributed by atoms with van der Waals surface area (Å²) in [4.78, 5) is 59.6. The Labute approximate surface area is 282 Å². The number of piperidine rings is 2. The number of methoxy groups -OCH3 is 2. The van der Waals surface area contributed by atoms with Crippen molar-refractivity contribution >= 4 is 23.9 Å². The molecule has 4 bridgehead atoms. The lowest BCUT2D eigenvalue weighted by molar-refractivity contribution is -0.184. The van der Waals surface area contributed by atoms with Crippen LogP contribution in [0.25, 0.3) is 0 Å². The van der Waals surface area contributed by atoms with Crippen molar-refractivity contribution < 1.29 is 38.1 Å². The van der Waals surface area contributed by atoms with Crippen molar-refractivity contribution in [2.75, 3.05) is 28.3 Å². The number of rotatable bonds is 8. The Morgan fingerprint density at radius 2 is 0.917 bits per heavy atom. The minimum absolute atomic E-state index is 0.0551. The second kappa shape index (κ2) is 13.3. The third-order valence-electron chi connectivity index (χ3n) is 12.4. The Morgan fingerprint density at radius 1 is 0.542 bits per heavy atom. The number of carbonyl (C=O) groups excluding carboxylic acids is 4. The second-order valence-corrected chi connectivity index (χ2v) is 14.4. The number of hydrogen-bond acceptors (Lipinski definition) is 10. The molecule has 4 heterocycles. The van der Waals surface area contributed by atoms with Crippen LogP contribution in [0.3, 0.4) is 0 Å². The van der Waals surface area contributed by atoms with Crippen molar-refractivity contribution in [3.8, 4) is 0 Å². The van der Waals surface area contributed by atoms with Crippen LogP contribution in [0.2, 0.25) is 0 Å². The molecule has 256 valence electrons. The molecular formula is C38H46N2O8. The van der Waals surface area contributed by atoms with Gasteiger partial charge in [0, 0.05) is 48.8 Å². The highest BCUT2D eigenvalue weighted by molar-refractivity contribution is 5.86. The first-order valence-corrected chi connectivity index (χ1v) is 17.3. The summed E-state index contributed by atoms with van der Waals surface area (Å²) >= 11 is 0. The van der Waals surface area contributed by atoms with Gasteiger partial charge in [-0.15, -0.1) is 0 Å². The summed E-state index contributed by atoms with van der Waals surface area (Å²) in [6.45, 7) is 0. The summed E-state index contributed by atoms with van der Waals surface area (Å²) in [7, 11) is 6.80. The van der Waals surface area contributed by atoms with E-state index in [2.05, 4.69) is 9.80 Å². The van der Waals surface area contributed by atoms with Crippen LogP contribution in [0.15, 0.2) is 60.7 Å². The zero-order valence-corrected chi connectivity index (χ0v) is 28.1. The number of benzene rings is 2. The van der Waals surface area contributed by atoms with Gasteiger partial charge in [0.2, 0.25) is 0 Å². The predicted octanol–water partition coefficient (Wildman–Crippen LogP) is 3.94. The van der Waals surface area contributed by atoms with Gasteiger partial charge in [-0.05, 0) is 50.9 Å². The van der Waals surface area contributed by atoms with Crippen LogP contribution in [0.4, 0.5) is 0 Å². The number of esters is 4. The molecule has 1 aliphatic carbocycles. The zero-order valence-electron chi connectivity index (χ0n) is 28.1.